The summed E-state index contributed by atoms with van der Waals surface area (Å²) in [4.78, 5) is 20.9. The molecule has 1 saturated carbocycles. The topological polar surface area (TPSA) is 55.9 Å². The Balaban J connectivity index is 1.32. The molecule has 0 bridgehead atoms. The second-order valence-electron chi connectivity index (χ2n) is 14.2. The highest BCUT2D eigenvalue weighted by Gasteiger charge is 2.43. The third-order valence-electron chi connectivity index (χ3n) is 9.77. The lowest BCUT2D eigenvalue weighted by Crippen LogP contribution is -2.52. The molecule has 3 aliphatic rings. The van der Waals surface area contributed by atoms with Crippen molar-refractivity contribution >= 4 is 34.2 Å². The largest absolute Gasteiger partial charge is 0.365 e. The standard InChI is InChI=1S/C35H50ClFN4O2S/c1-24(2)32(38-44(43)35(3,4)5)28-12-9-13-31(37)33(28)39-18-20-40(21-19-39)34(42)30-23-41(27-10-7-6-8-11-27)22-29(30)25-14-16-26(36)17-15-25/h9,12-17,24,27,29-30,32,38H,6-8,10-11,18-23H2,1-5H3/t29-,30+,32+,44+/m1/s1. The van der Waals surface area contributed by atoms with Crippen LogP contribution in [0.15, 0.2) is 42.5 Å². The van der Waals surface area contributed by atoms with E-state index in [-0.39, 0.29) is 35.5 Å². The molecule has 44 heavy (non-hydrogen) atoms. The molecule has 2 aliphatic heterocycles. The Kier molecular flexibility index (Phi) is 10.8. The van der Waals surface area contributed by atoms with Gasteiger partial charge in [-0.1, -0.05) is 69.0 Å². The van der Waals surface area contributed by atoms with Crippen LogP contribution in [0.25, 0.3) is 0 Å². The zero-order valence-electron chi connectivity index (χ0n) is 27.0. The van der Waals surface area contributed by atoms with Crippen LogP contribution in [-0.4, -0.2) is 70.0 Å². The highest BCUT2D eigenvalue weighted by Crippen LogP contribution is 2.39. The Bertz CT molecular complexity index is 1300. The second-order valence-corrected chi connectivity index (χ2v) is 16.7. The fraction of sp³-hybridized carbons (Fsp3) is 0.629. The molecule has 0 spiro atoms. The van der Waals surface area contributed by atoms with Gasteiger partial charge in [0.1, 0.15) is 5.82 Å². The number of para-hydroxylation sites is 1. The average Bonchev–Trinajstić information content (AvgIpc) is 3.45. The second kappa shape index (κ2) is 14.2. The van der Waals surface area contributed by atoms with Gasteiger partial charge in [-0.3, -0.25) is 9.69 Å². The van der Waals surface area contributed by atoms with E-state index < -0.39 is 15.7 Å². The minimum absolute atomic E-state index is 0.101. The summed E-state index contributed by atoms with van der Waals surface area (Å²) in [5.41, 5.74) is 2.56. The molecule has 4 atom stereocenters. The first-order valence-electron chi connectivity index (χ1n) is 16.4. The molecule has 242 valence electrons. The van der Waals surface area contributed by atoms with E-state index in [4.69, 9.17) is 11.6 Å². The van der Waals surface area contributed by atoms with Crippen molar-refractivity contribution in [1.82, 2.24) is 14.5 Å². The number of likely N-dealkylation sites (tertiary alicyclic amines) is 1. The van der Waals surface area contributed by atoms with Gasteiger partial charge in [0, 0.05) is 62.3 Å². The number of piperazine rings is 1. The Morgan fingerprint density at radius 2 is 1.64 bits per heavy atom. The Hall–Kier alpha value is -2.00. The van der Waals surface area contributed by atoms with Crippen molar-refractivity contribution in [2.24, 2.45) is 11.8 Å². The fourth-order valence-corrected chi connectivity index (χ4v) is 8.34. The SMILES string of the molecule is CC(C)[C@H](N[S@@](=O)C(C)(C)C)c1cccc(F)c1N1CCN(C(=O)[C@H]2CN(C3CCCCC3)C[C@@H]2c2ccc(Cl)cc2)CC1. The summed E-state index contributed by atoms with van der Waals surface area (Å²) in [5.74, 6) is 0.0657. The number of carbonyl (C=O) groups is 1. The summed E-state index contributed by atoms with van der Waals surface area (Å²) in [6.45, 7) is 13.8. The third kappa shape index (κ3) is 7.51. The van der Waals surface area contributed by atoms with Gasteiger partial charge in [0.25, 0.3) is 0 Å². The predicted molar refractivity (Wildman–Crippen MR) is 180 cm³/mol. The van der Waals surface area contributed by atoms with Crippen molar-refractivity contribution in [2.45, 2.75) is 89.5 Å². The number of halogens is 2. The van der Waals surface area contributed by atoms with E-state index in [0.29, 0.717) is 42.9 Å². The normalized spacial score (nSPS) is 23.7. The van der Waals surface area contributed by atoms with E-state index >= 15 is 4.39 Å². The van der Waals surface area contributed by atoms with Gasteiger partial charge in [-0.25, -0.2) is 13.3 Å². The van der Waals surface area contributed by atoms with Crippen LogP contribution in [0.5, 0.6) is 0 Å². The number of carbonyl (C=O) groups excluding carboxylic acids is 1. The van der Waals surface area contributed by atoms with E-state index in [9.17, 15) is 9.00 Å². The molecule has 6 nitrogen and oxygen atoms in total. The van der Waals surface area contributed by atoms with E-state index in [1.165, 1.54) is 43.7 Å². The Morgan fingerprint density at radius 3 is 2.25 bits per heavy atom. The van der Waals surface area contributed by atoms with Crippen LogP contribution in [0.3, 0.4) is 0 Å². The summed E-state index contributed by atoms with van der Waals surface area (Å²) < 4.78 is 31.5. The molecule has 9 heteroatoms. The molecule has 0 radical (unpaired) electrons. The third-order valence-corrected chi connectivity index (χ3v) is 11.6. The van der Waals surface area contributed by atoms with Crippen LogP contribution < -0.4 is 9.62 Å². The number of hydrogen-bond donors (Lipinski definition) is 1. The summed E-state index contributed by atoms with van der Waals surface area (Å²) in [5, 5.41) is 0.710. The molecule has 2 aromatic rings. The molecule has 0 aromatic heterocycles. The maximum atomic E-state index is 15.6. The average molecular weight is 645 g/mol. The molecule has 1 N–H and O–H groups in total. The predicted octanol–water partition coefficient (Wildman–Crippen LogP) is 6.92. The number of nitrogens with one attached hydrogen (secondary N) is 1. The minimum Gasteiger partial charge on any atom is -0.365 e. The summed E-state index contributed by atoms with van der Waals surface area (Å²) in [7, 11) is -1.30. The maximum absolute atomic E-state index is 15.6. The molecule has 2 heterocycles. The van der Waals surface area contributed by atoms with Gasteiger partial charge in [0.2, 0.25) is 5.91 Å². The Morgan fingerprint density at radius 1 is 0.977 bits per heavy atom. The number of benzene rings is 2. The van der Waals surface area contributed by atoms with Crippen molar-refractivity contribution < 1.29 is 13.4 Å². The molecular formula is C35H50ClFN4O2S. The van der Waals surface area contributed by atoms with Gasteiger partial charge in [-0.2, -0.15) is 0 Å². The van der Waals surface area contributed by atoms with Crippen LogP contribution in [0.1, 0.15) is 89.8 Å². The van der Waals surface area contributed by atoms with Crippen LogP contribution >= 0.6 is 11.6 Å². The highest BCUT2D eigenvalue weighted by molar-refractivity contribution is 7.84. The molecule has 0 unspecified atom stereocenters. The summed E-state index contributed by atoms with van der Waals surface area (Å²) >= 11 is 6.22. The van der Waals surface area contributed by atoms with Crippen molar-refractivity contribution in [2.75, 3.05) is 44.2 Å². The first kappa shape index (κ1) is 33.4. The van der Waals surface area contributed by atoms with Gasteiger partial charge in [-0.05, 0) is 68.9 Å². The Labute approximate surface area is 271 Å². The molecule has 1 aliphatic carbocycles. The van der Waals surface area contributed by atoms with E-state index in [1.54, 1.807) is 6.07 Å². The first-order chi connectivity index (χ1) is 20.9. The van der Waals surface area contributed by atoms with Gasteiger partial charge >= 0.3 is 0 Å². The number of amides is 1. The molecule has 3 fully saturated rings. The number of anilines is 1. The number of rotatable bonds is 8. The van der Waals surface area contributed by atoms with Crippen molar-refractivity contribution in [3.05, 3.63) is 64.4 Å². The maximum Gasteiger partial charge on any atom is 0.227 e. The van der Waals surface area contributed by atoms with Crippen molar-refractivity contribution in [1.29, 1.82) is 0 Å². The van der Waals surface area contributed by atoms with Crippen LogP contribution in [0, 0.1) is 17.7 Å². The van der Waals surface area contributed by atoms with E-state index in [0.717, 1.165) is 18.7 Å². The fourth-order valence-electron chi connectivity index (χ4n) is 7.23. The van der Waals surface area contributed by atoms with Gasteiger partial charge in [0.05, 0.1) is 27.3 Å². The smallest absolute Gasteiger partial charge is 0.227 e. The molecular weight excluding hydrogens is 595 g/mol. The summed E-state index contributed by atoms with van der Waals surface area (Å²) in [6, 6.07) is 13.5. The molecule has 5 rings (SSSR count). The number of hydrogen-bond acceptors (Lipinski definition) is 4. The van der Waals surface area contributed by atoms with Crippen LogP contribution in [0.4, 0.5) is 10.1 Å². The van der Waals surface area contributed by atoms with Crippen LogP contribution in [0.2, 0.25) is 5.02 Å². The molecule has 2 saturated heterocycles. The van der Waals surface area contributed by atoms with Crippen molar-refractivity contribution in [3.8, 4) is 0 Å². The zero-order chi connectivity index (χ0) is 31.6. The van der Waals surface area contributed by atoms with Gasteiger partial charge < -0.3 is 9.80 Å². The van der Waals surface area contributed by atoms with Gasteiger partial charge in [0.15, 0.2) is 0 Å². The zero-order valence-corrected chi connectivity index (χ0v) is 28.6. The molecule has 2 aromatic carbocycles. The first-order valence-corrected chi connectivity index (χ1v) is 18.0. The van der Waals surface area contributed by atoms with E-state index in [1.807, 2.05) is 43.9 Å². The highest BCUT2D eigenvalue weighted by atomic mass is 35.5. The number of nitrogens with zero attached hydrogens (tertiary/aromatic N) is 3. The quantitative estimate of drug-likeness (QED) is 0.339. The van der Waals surface area contributed by atoms with Crippen molar-refractivity contribution in [3.63, 3.8) is 0 Å². The van der Waals surface area contributed by atoms with Crippen LogP contribution in [-0.2, 0) is 15.8 Å². The monoisotopic (exact) mass is 644 g/mol. The lowest BCUT2D eigenvalue weighted by Gasteiger charge is -2.40. The molecule has 1 amide bonds. The summed E-state index contributed by atoms with van der Waals surface area (Å²) in [6.07, 6.45) is 6.28. The lowest BCUT2D eigenvalue weighted by atomic mass is 9.88. The van der Waals surface area contributed by atoms with Gasteiger partial charge in [-0.15, -0.1) is 0 Å². The minimum atomic E-state index is -1.30. The lowest BCUT2D eigenvalue weighted by molar-refractivity contribution is -0.135. The van der Waals surface area contributed by atoms with E-state index in [2.05, 4.69) is 40.5 Å².